The third-order valence-corrected chi connectivity index (χ3v) is 4.02. The fourth-order valence-corrected chi connectivity index (χ4v) is 2.58. The maximum absolute atomic E-state index is 12.7. The molecule has 20 heavy (non-hydrogen) atoms. The molecule has 108 valence electrons. The Morgan fingerprint density at radius 2 is 2.00 bits per heavy atom. The summed E-state index contributed by atoms with van der Waals surface area (Å²) in [4.78, 5) is 18.0. The molecule has 0 aliphatic heterocycles. The number of unbranched alkanes of at least 4 members (excludes halogenated alkanes) is 1. The van der Waals surface area contributed by atoms with Crippen LogP contribution in [-0.2, 0) is 0 Å². The highest BCUT2D eigenvalue weighted by Gasteiger charge is 2.18. The second-order valence-electron chi connectivity index (χ2n) is 5.34. The van der Waals surface area contributed by atoms with Gasteiger partial charge in [-0.05, 0) is 38.8 Å². The first-order valence-electron chi connectivity index (χ1n) is 7.47. The van der Waals surface area contributed by atoms with Crippen molar-refractivity contribution in [3.63, 3.8) is 0 Å². The summed E-state index contributed by atoms with van der Waals surface area (Å²) in [5.41, 5.74) is 4.13. The zero-order chi connectivity index (χ0) is 14.7. The third-order valence-electron chi connectivity index (χ3n) is 4.02. The standard InChI is InChI=1S/C17H24N2O/c1-5-7-11-19(6-2)17(20)15-10-8-9-14-12(3)13(4)18-16(14)15/h8-10,18H,5-7,11H2,1-4H3. The Bertz CT molecular complexity index is 613. The number of H-pyrrole nitrogens is 1. The molecule has 3 nitrogen and oxygen atoms in total. The van der Waals surface area contributed by atoms with E-state index in [1.54, 1.807) is 0 Å². The summed E-state index contributed by atoms with van der Waals surface area (Å²) in [6, 6.07) is 5.98. The molecule has 3 heteroatoms. The lowest BCUT2D eigenvalue weighted by Gasteiger charge is -2.21. The fourth-order valence-electron chi connectivity index (χ4n) is 2.58. The van der Waals surface area contributed by atoms with Gasteiger partial charge < -0.3 is 9.88 Å². The average molecular weight is 272 g/mol. The summed E-state index contributed by atoms with van der Waals surface area (Å²) in [6.45, 7) is 9.93. The Morgan fingerprint density at radius 1 is 1.25 bits per heavy atom. The molecule has 1 aromatic heterocycles. The number of hydrogen-bond donors (Lipinski definition) is 1. The van der Waals surface area contributed by atoms with Gasteiger partial charge in [0.25, 0.3) is 5.91 Å². The first kappa shape index (κ1) is 14.6. The summed E-state index contributed by atoms with van der Waals surface area (Å²) in [7, 11) is 0. The molecule has 0 fully saturated rings. The van der Waals surface area contributed by atoms with Gasteiger partial charge in [0.1, 0.15) is 0 Å². The zero-order valence-corrected chi connectivity index (χ0v) is 12.9. The number of para-hydroxylation sites is 1. The van der Waals surface area contributed by atoms with Crippen LogP contribution in [0.1, 0.15) is 48.3 Å². The number of nitrogens with one attached hydrogen (secondary N) is 1. The van der Waals surface area contributed by atoms with Gasteiger partial charge in [-0.15, -0.1) is 0 Å². The number of benzene rings is 1. The molecule has 0 saturated heterocycles. The smallest absolute Gasteiger partial charge is 0.255 e. The van der Waals surface area contributed by atoms with E-state index in [4.69, 9.17) is 0 Å². The molecule has 2 rings (SSSR count). The number of nitrogens with zero attached hydrogens (tertiary/aromatic N) is 1. The molecule has 1 amide bonds. The van der Waals surface area contributed by atoms with Crippen LogP contribution in [0.15, 0.2) is 18.2 Å². The third kappa shape index (κ3) is 2.58. The van der Waals surface area contributed by atoms with E-state index >= 15 is 0 Å². The lowest BCUT2D eigenvalue weighted by atomic mass is 10.1. The van der Waals surface area contributed by atoms with Crippen molar-refractivity contribution in [1.29, 1.82) is 0 Å². The molecule has 0 radical (unpaired) electrons. The summed E-state index contributed by atoms with van der Waals surface area (Å²) in [5, 5.41) is 1.15. The lowest BCUT2D eigenvalue weighted by molar-refractivity contribution is 0.0764. The monoisotopic (exact) mass is 272 g/mol. The second-order valence-corrected chi connectivity index (χ2v) is 5.34. The number of rotatable bonds is 5. The Labute approximate surface area is 121 Å². The minimum atomic E-state index is 0.132. The predicted octanol–water partition coefficient (Wildman–Crippen LogP) is 4.05. The minimum absolute atomic E-state index is 0.132. The average Bonchev–Trinajstić information content (AvgIpc) is 2.75. The predicted molar refractivity (Wildman–Crippen MR) is 84.3 cm³/mol. The number of amides is 1. The van der Waals surface area contributed by atoms with Gasteiger partial charge in [0, 0.05) is 24.2 Å². The quantitative estimate of drug-likeness (QED) is 0.876. The SMILES string of the molecule is CCCCN(CC)C(=O)c1cccc2c(C)c(C)[nH]c12. The fraction of sp³-hybridized carbons (Fsp3) is 0.471. The van der Waals surface area contributed by atoms with Gasteiger partial charge in [-0.2, -0.15) is 0 Å². The van der Waals surface area contributed by atoms with E-state index in [2.05, 4.69) is 31.8 Å². The van der Waals surface area contributed by atoms with Crippen LogP contribution in [0.3, 0.4) is 0 Å². The Kier molecular flexibility index (Phi) is 4.48. The number of carbonyl (C=O) groups is 1. The van der Waals surface area contributed by atoms with Crippen molar-refractivity contribution >= 4 is 16.8 Å². The second kappa shape index (κ2) is 6.12. The summed E-state index contributed by atoms with van der Waals surface area (Å²) >= 11 is 0. The summed E-state index contributed by atoms with van der Waals surface area (Å²) in [5.74, 6) is 0.132. The maximum atomic E-state index is 12.7. The summed E-state index contributed by atoms with van der Waals surface area (Å²) < 4.78 is 0. The van der Waals surface area contributed by atoms with Crippen molar-refractivity contribution in [1.82, 2.24) is 9.88 Å². The normalized spacial score (nSPS) is 11.0. The van der Waals surface area contributed by atoms with Crippen LogP contribution < -0.4 is 0 Å². The number of aromatic nitrogens is 1. The molecular weight excluding hydrogens is 248 g/mol. The van der Waals surface area contributed by atoms with Crippen LogP contribution >= 0.6 is 0 Å². The van der Waals surface area contributed by atoms with E-state index < -0.39 is 0 Å². The molecular formula is C17H24N2O. The molecule has 0 unspecified atom stereocenters. The minimum Gasteiger partial charge on any atom is -0.358 e. The molecule has 0 aliphatic rings. The van der Waals surface area contributed by atoms with Crippen molar-refractivity contribution < 1.29 is 4.79 Å². The molecule has 0 atom stereocenters. The highest BCUT2D eigenvalue weighted by atomic mass is 16.2. The van der Waals surface area contributed by atoms with Crippen LogP contribution in [0.2, 0.25) is 0 Å². The van der Waals surface area contributed by atoms with Crippen molar-refractivity contribution in [3.05, 3.63) is 35.0 Å². The maximum Gasteiger partial charge on any atom is 0.255 e. The summed E-state index contributed by atoms with van der Waals surface area (Å²) in [6.07, 6.45) is 2.16. The largest absolute Gasteiger partial charge is 0.358 e. The Hall–Kier alpha value is -1.77. The van der Waals surface area contributed by atoms with Gasteiger partial charge in [0.05, 0.1) is 11.1 Å². The van der Waals surface area contributed by atoms with Gasteiger partial charge >= 0.3 is 0 Å². The van der Waals surface area contributed by atoms with E-state index in [1.165, 1.54) is 5.56 Å². The van der Waals surface area contributed by atoms with Crippen LogP contribution in [0, 0.1) is 13.8 Å². The number of fused-ring (bicyclic) bond motifs is 1. The molecule has 0 saturated carbocycles. The first-order chi connectivity index (χ1) is 9.60. The van der Waals surface area contributed by atoms with Gasteiger partial charge in [0.2, 0.25) is 0 Å². The van der Waals surface area contributed by atoms with Crippen LogP contribution in [-0.4, -0.2) is 28.9 Å². The topological polar surface area (TPSA) is 36.1 Å². The lowest BCUT2D eigenvalue weighted by Crippen LogP contribution is -2.31. The molecule has 0 aliphatic carbocycles. The molecule has 2 aromatic rings. The van der Waals surface area contributed by atoms with Gasteiger partial charge in [-0.25, -0.2) is 0 Å². The number of aromatic amines is 1. The zero-order valence-electron chi connectivity index (χ0n) is 12.9. The van der Waals surface area contributed by atoms with Crippen LogP contribution in [0.25, 0.3) is 10.9 Å². The van der Waals surface area contributed by atoms with E-state index in [0.717, 1.165) is 48.1 Å². The van der Waals surface area contributed by atoms with Crippen molar-refractivity contribution in [2.24, 2.45) is 0 Å². The van der Waals surface area contributed by atoms with E-state index in [1.807, 2.05) is 24.0 Å². The first-order valence-corrected chi connectivity index (χ1v) is 7.47. The van der Waals surface area contributed by atoms with Crippen molar-refractivity contribution in [3.8, 4) is 0 Å². The van der Waals surface area contributed by atoms with Gasteiger partial charge in [-0.1, -0.05) is 25.5 Å². The van der Waals surface area contributed by atoms with E-state index in [0.29, 0.717) is 0 Å². The van der Waals surface area contributed by atoms with Crippen LogP contribution in [0.5, 0.6) is 0 Å². The number of aryl methyl sites for hydroxylation is 2. The highest BCUT2D eigenvalue weighted by Crippen LogP contribution is 2.25. The molecule has 0 bridgehead atoms. The number of carbonyl (C=O) groups excluding carboxylic acids is 1. The van der Waals surface area contributed by atoms with Crippen molar-refractivity contribution in [2.75, 3.05) is 13.1 Å². The molecule has 1 aromatic carbocycles. The van der Waals surface area contributed by atoms with Gasteiger partial charge in [-0.3, -0.25) is 4.79 Å². The van der Waals surface area contributed by atoms with E-state index in [-0.39, 0.29) is 5.91 Å². The van der Waals surface area contributed by atoms with Crippen molar-refractivity contribution in [2.45, 2.75) is 40.5 Å². The van der Waals surface area contributed by atoms with E-state index in [9.17, 15) is 4.79 Å². The number of hydrogen-bond acceptors (Lipinski definition) is 1. The molecule has 1 heterocycles. The Morgan fingerprint density at radius 3 is 2.65 bits per heavy atom. The Balaban J connectivity index is 2.41. The molecule has 0 spiro atoms. The van der Waals surface area contributed by atoms with Gasteiger partial charge in [0.15, 0.2) is 0 Å². The van der Waals surface area contributed by atoms with Crippen LogP contribution in [0.4, 0.5) is 0 Å². The molecule has 1 N–H and O–H groups in total. The highest BCUT2D eigenvalue weighted by molar-refractivity contribution is 6.06.